The number of likely N-dealkylation sites (N-methyl/N-ethyl adjacent to an activating group) is 1. The molecular weight excluding hydrogens is 181 g/mol. The number of halogens is 1. The molecule has 2 heterocycles. The van der Waals surface area contributed by atoms with Crippen LogP contribution in [0.3, 0.4) is 0 Å². The molecule has 2 aliphatic rings. The number of hydrogen-bond acceptors (Lipinski definition) is 3. The number of piperidine rings is 1. The predicted molar refractivity (Wildman–Crippen MR) is 55.2 cm³/mol. The van der Waals surface area contributed by atoms with E-state index in [0.717, 1.165) is 39.3 Å². The van der Waals surface area contributed by atoms with Crippen LogP contribution in [0.2, 0.25) is 0 Å². The number of hydrogen-bond donors (Lipinski definition) is 1. The summed E-state index contributed by atoms with van der Waals surface area (Å²) < 4.78 is 13.6. The maximum Gasteiger partial charge on any atom is 0.118 e. The van der Waals surface area contributed by atoms with Gasteiger partial charge in [0.2, 0.25) is 0 Å². The molecule has 0 aromatic heterocycles. The van der Waals surface area contributed by atoms with Crippen molar-refractivity contribution in [3.63, 3.8) is 0 Å². The van der Waals surface area contributed by atoms with Gasteiger partial charge in [0.1, 0.15) is 6.17 Å². The molecule has 2 aliphatic heterocycles. The molecule has 0 bridgehead atoms. The molecule has 0 unspecified atom stereocenters. The first-order chi connectivity index (χ1) is 6.77. The minimum atomic E-state index is -0.625. The van der Waals surface area contributed by atoms with Gasteiger partial charge in [0.05, 0.1) is 6.04 Å². The standard InChI is InChI=1S/C10H20FN3/c1-13-4-6-14(7-5-13)10-8-12-3-2-9(10)11/h9-10,12H,2-8H2,1H3/t9-,10+/m1/s1. The summed E-state index contributed by atoms with van der Waals surface area (Å²) in [5.41, 5.74) is 0. The van der Waals surface area contributed by atoms with Gasteiger partial charge in [-0.1, -0.05) is 0 Å². The lowest BCUT2D eigenvalue weighted by Gasteiger charge is -2.41. The number of alkyl halides is 1. The summed E-state index contributed by atoms with van der Waals surface area (Å²) in [4.78, 5) is 4.61. The number of nitrogens with one attached hydrogen (secondary N) is 1. The van der Waals surface area contributed by atoms with Crippen LogP contribution in [0.1, 0.15) is 6.42 Å². The van der Waals surface area contributed by atoms with Gasteiger partial charge in [0, 0.05) is 32.7 Å². The fraction of sp³-hybridized carbons (Fsp3) is 1.00. The number of nitrogens with zero attached hydrogens (tertiary/aromatic N) is 2. The fourth-order valence-electron chi connectivity index (χ4n) is 2.32. The molecular formula is C10H20FN3. The molecule has 2 atom stereocenters. The van der Waals surface area contributed by atoms with Gasteiger partial charge in [-0.25, -0.2) is 4.39 Å². The molecule has 2 saturated heterocycles. The third-order valence-corrected chi connectivity index (χ3v) is 3.37. The van der Waals surface area contributed by atoms with E-state index in [-0.39, 0.29) is 6.04 Å². The van der Waals surface area contributed by atoms with Crippen LogP contribution < -0.4 is 5.32 Å². The number of piperazine rings is 1. The van der Waals surface area contributed by atoms with Crippen LogP contribution in [0.15, 0.2) is 0 Å². The zero-order valence-corrected chi connectivity index (χ0v) is 8.88. The van der Waals surface area contributed by atoms with Gasteiger partial charge in [0.15, 0.2) is 0 Å². The maximum atomic E-state index is 13.6. The largest absolute Gasteiger partial charge is 0.315 e. The first-order valence-electron chi connectivity index (χ1n) is 5.55. The molecule has 0 amide bonds. The second-order valence-corrected chi connectivity index (χ2v) is 4.42. The molecule has 2 fully saturated rings. The zero-order valence-electron chi connectivity index (χ0n) is 8.88. The van der Waals surface area contributed by atoms with E-state index in [1.165, 1.54) is 0 Å². The van der Waals surface area contributed by atoms with Crippen molar-refractivity contribution in [2.75, 3.05) is 46.3 Å². The Hall–Kier alpha value is -0.190. The van der Waals surface area contributed by atoms with E-state index in [9.17, 15) is 4.39 Å². The lowest BCUT2D eigenvalue weighted by Crippen LogP contribution is -2.57. The Kier molecular flexibility index (Phi) is 3.36. The molecule has 0 radical (unpaired) electrons. The maximum absolute atomic E-state index is 13.6. The van der Waals surface area contributed by atoms with Gasteiger partial charge in [-0.05, 0) is 20.0 Å². The van der Waals surface area contributed by atoms with Crippen LogP contribution >= 0.6 is 0 Å². The third kappa shape index (κ3) is 2.24. The minimum Gasteiger partial charge on any atom is -0.315 e. The summed E-state index contributed by atoms with van der Waals surface area (Å²) in [6.07, 6.45) is 0.0523. The van der Waals surface area contributed by atoms with Crippen molar-refractivity contribution in [2.24, 2.45) is 0 Å². The highest BCUT2D eigenvalue weighted by Crippen LogP contribution is 2.16. The molecule has 2 rings (SSSR count). The molecule has 82 valence electrons. The summed E-state index contributed by atoms with van der Waals surface area (Å²) in [5.74, 6) is 0. The molecule has 4 heteroatoms. The highest BCUT2D eigenvalue weighted by Gasteiger charge is 2.31. The zero-order chi connectivity index (χ0) is 9.97. The van der Waals surface area contributed by atoms with Gasteiger partial charge in [-0.15, -0.1) is 0 Å². The lowest BCUT2D eigenvalue weighted by atomic mass is 10.0. The van der Waals surface area contributed by atoms with E-state index >= 15 is 0 Å². The second-order valence-electron chi connectivity index (χ2n) is 4.42. The molecule has 0 spiro atoms. The lowest BCUT2D eigenvalue weighted by molar-refractivity contribution is 0.0489. The average molecular weight is 201 g/mol. The summed E-state index contributed by atoms with van der Waals surface area (Å²) in [6, 6.07) is 0.123. The van der Waals surface area contributed by atoms with Crippen LogP contribution in [0.5, 0.6) is 0 Å². The van der Waals surface area contributed by atoms with E-state index in [1.54, 1.807) is 0 Å². The Morgan fingerprint density at radius 3 is 2.57 bits per heavy atom. The summed E-state index contributed by atoms with van der Waals surface area (Å²) in [7, 11) is 2.13. The van der Waals surface area contributed by atoms with Gasteiger partial charge < -0.3 is 10.2 Å². The van der Waals surface area contributed by atoms with Gasteiger partial charge in [0.25, 0.3) is 0 Å². The van der Waals surface area contributed by atoms with Crippen molar-refractivity contribution >= 4 is 0 Å². The molecule has 1 N–H and O–H groups in total. The van der Waals surface area contributed by atoms with Gasteiger partial charge in [-0.3, -0.25) is 4.90 Å². The van der Waals surface area contributed by atoms with Crippen molar-refractivity contribution < 1.29 is 4.39 Å². The Morgan fingerprint density at radius 1 is 1.21 bits per heavy atom. The third-order valence-electron chi connectivity index (χ3n) is 3.37. The van der Waals surface area contributed by atoms with Gasteiger partial charge in [-0.2, -0.15) is 0 Å². The van der Waals surface area contributed by atoms with Crippen molar-refractivity contribution in [3.05, 3.63) is 0 Å². The minimum absolute atomic E-state index is 0.123. The van der Waals surface area contributed by atoms with E-state index in [1.807, 2.05) is 0 Å². The van der Waals surface area contributed by atoms with Crippen molar-refractivity contribution in [3.8, 4) is 0 Å². The van der Waals surface area contributed by atoms with Crippen LogP contribution in [0, 0.1) is 0 Å². The van der Waals surface area contributed by atoms with Crippen molar-refractivity contribution in [1.29, 1.82) is 0 Å². The van der Waals surface area contributed by atoms with Crippen LogP contribution in [-0.2, 0) is 0 Å². The van der Waals surface area contributed by atoms with E-state index in [0.29, 0.717) is 6.42 Å². The first kappa shape index (κ1) is 10.3. The van der Waals surface area contributed by atoms with E-state index in [2.05, 4.69) is 22.2 Å². The van der Waals surface area contributed by atoms with E-state index in [4.69, 9.17) is 0 Å². The summed E-state index contributed by atoms with van der Waals surface area (Å²) >= 11 is 0. The smallest absolute Gasteiger partial charge is 0.118 e. The summed E-state index contributed by atoms with van der Waals surface area (Å²) in [6.45, 7) is 5.84. The Balaban J connectivity index is 1.87. The number of rotatable bonds is 1. The predicted octanol–water partition coefficient (Wildman–Crippen LogP) is -0.0662. The average Bonchev–Trinajstić information content (AvgIpc) is 2.20. The molecule has 0 aromatic carbocycles. The Morgan fingerprint density at radius 2 is 1.93 bits per heavy atom. The topological polar surface area (TPSA) is 18.5 Å². The monoisotopic (exact) mass is 201 g/mol. The Bertz CT molecular complexity index is 180. The van der Waals surface area contributed by atoms with Crippen molar-refractivity contribution in [2.45, 2.75) is 18.6 Å². The highest BCUT2D eigenvalue weighted by atomic mass is 19.1. The SMILES string of the molecule is CN1CCN([C@H]2CNCC[C@H]2F)CC1. The van der Waals surface area contributed by atoms with Crippen LogP contribution in [-0.4, -0.2) is 68.3 Å². The molecule has 0 saturated carbocycles. The molecule has 0 aromatic rings. The second kappa shape index (κ2) is 4.55. The van der Waals surface area contributed by atoms with E-state index < -0.39 is 6.17 Å². The van der Waals surface area contributed by atoms with Crippen molar-refractivity contribution in [1.82, 2.24) is 15.1 Å². The molecule has 0 aliphatic carbocycles. The first-order valence-corrected chi connectivity index (χ1v) is 5.55. The quantitative estimate of drug-likeness (QED) is 0.641. The normalized spacial score (nSPS) is 37.3. The molecule has 3 nitrogen and oxygen atoms in total. The molecule has 14 heavy (non-hydrogen) atoms. The fourth-order valence-corrected chi connectivity index (χ4v) is 2.32. The highest BCUT2D eigenvalue weighted by molar-refractivity contribution is 4.87. The Labute approximate surface area is 85.2 Å². The van der Waals surface area contributed by atoms with Crippen LogP contribution in [0.4, 0.5) is 4.39 Å². The van der Waals surface area contributed by atoms with Crippen LogP contribution in [0.25, 0.3) is 0 Å². The van der Waals surface area contributed by atoms with Gasteiger partial charge >= 0.3 is 0 Å². The summed E-state index contributed by atoms with van der Waals surface area (Å²) in [5, 5.41) is 3.28.